The Hall–Kier alpha value is -0.610. The molecule has 0 saturated carbocycles. The van der Waals surface area contributed by atoms with Crippen molar-refractivity contribution in [1.29, 1.82) is 0 Å². The summed E-state index contributed by atoms with van der Waals surface area (Å²) >= 11 is 0. The summed E-state index contributed by atoms with van der Waals surface area (Å²) in [5, 5.41) is 9.27. The van der Waals surface area contributed by atoms with Gasteiger partial charge in [-0.2, -0.15) is 0 Å². The van der Waals surface area contributed by atoms with E-state index in [2.05, 4.69) is 11.9 Å². The van der Waals surface area contributed by atoms with E-state index in [1.165, 1.54) is 6.42 Å². The molecule has 17 heavy (non-hydrogen) atoms. The van der Waals surface area contributed by atoms with E-state index in [9.17, 15) is 9.90 Å². The van der Waals surface area contributed by atoms with Gasteiger partial charge in [0.15, 0.2) is 0 Å². The molecular formula is C13H23NO3. The van der Waals surface area contributed by atoms with Crippen LogP contribution in [0.5, 0.6) is 0 Å². The van der Waals surface area contributed by atoms with Crippen molar-refractivity contribution in [3.8, 4) is 0 Å². The Kier molecular flexibility index (Phi) is 3.21. The van der Waals surface area contributed by atoms with E-state index >= 15 is 0 Å². The standard InChI is InChI=1S/C13H23NO3/c1-12(2,11(15)16)7-13(8-17-9-13)10-4-5-14(3)6-10/h10H,4-9H2,1-3H3,(H,15,16). The lowest BCUT2D eigenvalue weighted by atomic mass is 9.64. The second-order valence-electron chi connectivity index (χ2n) is 6.47. The third-order valence-corrected chi connectivity index (χ3v) is 4.41. The third-order valence-electron chi connectivity index (χ3n) is 4.41. The molecular weight excluding hydrogens is 218 g/mol. The fraction of sp³-hybridized carbons (Fsp3) is 0.923. The van der Waals surface area contributed by atoms with Gasteiger partial charge in [0.05, 0.1) is 18.6 Å². The van der Waals surface area contributed by atoms with E-state index in [1.807, 2.05) is 13.8 Å². The minimum absolute atomic E-state index is 0.104. The largest absolute Gasteiger partial charge is 0.481 e. The molecule has 98 valence electrons. The van der Waals surface area contributed by atoms with Gasteiger partial charge in [-0.15, -0.1) is 0 Å². The number of carboxylic acid groups (broad SMARTS) is 1. The summed E-state index contributed by atoms with van der Waals surface area (Å²) in [5.41, 5.74) is -0.544. The van der Waals surface area contributed by atoms with Gasteiger partial charge in [-0.25, -0.2) is 0 Å². The molecule has 2 fully saturated rings. The van der Waals surface area contributed by atoms with Gasteiger partial charge in [-0.05, 0) is 46.2 Å². The monoisotopic (exact) mass is 241 g/mol. The van der Waals surface area contributed by atoms with Gasteiger partial charge in [0.2, 0.25) is 0 Å². The van der Waals surface area contributed by atoms with E-state index in [1.54, 1.807) is 0 Å². The fourth-order valence-electron chi connectivity index (χ4n) is 3.24. The van der Waals surface area contributed by atoms with Crippen molar-refractivity contribution in [3.05, 3.63) is 0 Å². The van der Waals surface area contributed by atoms with Gasteiger partial charge in [0, 0.05) is 12.0 Å². The zero-order valence-electron chi connectivity index (χ0n) is 11.0. The first-order chi connectivity index (χ1) is 7.86. The van der Waals surface area contributed by atoms with Crippen molar-refractivity contribution >= 4 is 5.97 Å². The summed E-state index contributed by atoms with van der Waals surface area (Å²) in [4.78, 5) is 13.6. The molecule has 0 amide bonds. The molecule has 2 rings (SSSR count). The van der Waals surface area contributed by atoms with E-state index in [4.69, 9.17) is 4.74 Å². The molecule has 1 atom stereocenters. The maximum atomic E-state index is 11.3. The highest BCUT2D eigenvalue weighted by Gasteiger charge is 2.51. The van der Waals surface area contributed by atoms with Crippen LogP contribution in [0.4, 0.5) is 0 Å². The van der Waals surface area contributed by atoms with E-state index in [0.717, 1.165) is 32.7 Å². The summed E-state index contributed by atoms with van der Waals surface area (Å²) in [6.07, 6.45) is 1.91. The second-order valence-corrected chi connectivity index (χ2v) is 6.47. The fourth-order valence-corrected chi connectivity index (χ4v) is 3.24. The van der Waals surface area contributed by atoms with Crippen molar-refractivity contribution in [1.82, 2.24) is 4.90 Å². The molecule has 0 bridgehead atoms. The molecule has 2 heterocycles. The molecule has 0 aromatic carbocycles. The Labute approximate surface area is 103 Å². The Balaban J connectivity index is 2.07. The Morgan fingerprint density at radius 3 is 2.53 bits per heavy atom. The minimum Gasteiger partial charge on any atom is -0.481 e. The van der Waals surface area contributed by atoms with Crippen LogP contribution in [0.25, 0.3) is 0 Å². The molecule has 0 aliphatic carbocycles. The van der Waals surface area contributed by atoms with Crippen LogP contribution in [0, 0.1) is 16.7 Å². The average molecular weight is 241 g/mol. The van der Waals surface area contributed by atoms with Gasteiger partial charge in [0.25, 0.3) is 0 Å². The molecule has 1 N–H and O–H groups in total. The topological polar surface area (TPSA) is 49.8 Å². The molecule has 0 aromatic heterocycles. The molecule has 2 saturated heterocycles. The van der Waals surface area contributed by atoms with Crippen LogP contribution in [0.15, 0.2) is 0 Å². The van der Waals surface area contributed by atoms with E-state index in [-0.39, 0.29) is 5.41 Å². The van der Waals surface area contributed by atoms with Crippen LogP contribution < -0.4 is 0 Å². The van der Waals surface area contributed by atoms with Crippen LogP contribution in [0.2, 0.25) is 0 Å². The van der Waals surface area contributed by atoms with Crippen molar-refractivity contribution < 1.29 is 14.6 Å². The number of nitrogens with zero attached hydrogens (tertiary/aromatic N) is 1. The Morgan fingerprint density at radius 1 is 1.53 bits per heavy atom. The van der Waals surface area contributed by atoms with Crippen LogP contribution >= 0.6 is 0 Å². The molecule has 0 radical (unpaired) electrons. The SMILES string of the molecule is CN1CCC(C2(CC(C)(C)C(=O)O)COC2)C1. The number of carboxylic acids is 1. The molecule has 1 unspecified atom stereocenters. The number of hydrogen-bond acceptors (Lipinski definition) is 3. The number of hydrogen-bond donors (Lipinski definition) is 1. The number of ether oxygens (including phenoxy) is 1. The zero-order valence-corrected chi connectivity index (χ0v) is 11.0. The Bertz CT molecular complexity index is 310. The van der Waals surface area contributed by atoms with Gasteiger partial charge in [0.1, 0.15) is 0 Å². The zero-order chi connectivity index (χ0) is 12.7. The predicted octanol–water partition coefficient (Wildman–Crippen LogP) is 1.46. The molecule has 4 heteroatoms. The lowest BCUT2D eigenvalue weighted by Crippen LogP contribution is -2.52. The van der Waals surface area contributed by atoms with Gasteiger partial charge < -0.3 is 14.7 Å². The van der Waals surface area contributed by atoms with Crippen molar-refractivity contribution in [3.63, 3.8) is 0 Å². The van der Waals surface area contributed by atoms with Gasteiger partial charge in [-0.3, -0.25) is 4.79 Å². The maximum absolute atomic E-state index is 11.3. The summed E-state index contributed by atoms with van der Waals surface area (Å²) in [6, 6.07) is 0. The summed E-state index contributed by atoms with van der Waals surface area (Å²) < 4.78 is 5.40. The first-order valence-electron chi connectivity index (χ1n) is 6.35. The summed E-state index contributed by atoms with van der Waals surface area (Å²) in [6.45, 7) is 7.34. The van der Waals surface area contributed by atoms with Crippen LogP contribution in [0.3, 0.4) is 0 Å². The normalized spacial score (nSPS) is 29.0. The van der Waals surface area contributed by atoms with Crippen molar-refractivity contribution in [2.24, 2.45) is 16.7 Å². The number of carbonyl (C=O) groups is 1. The molecule has 4 nitrogen and oxygen atoms in total. The number of rotatable bonds is 4. The quantitative estimate of drug-likeness (QED) is 0.809. The lowest BCUT2D eigenvalue weighted by molar-refractivity contribution is -0.175. The van der Waals surface area contributed by atoms with Gasteiger partial charge in [-0.1, -0.05) is 0 Å². The predicted molar refractivity (Wildman–Crippen MR) is 64.9 cm³/mol. The van der Waals surface area contributed by atoms with Crippen LogP contribution in [-0.4, -0.2) is 49.3 Å². The Morgan fingerprint density at radius 2 is 2.18 bits per heavy atom. The van der Waals surface area contributed by atoms with E-state index in [0.29, 0.717) is 5.92 Å². The second kappa shape index (κ2) is 4.25. The lowest BCUT2D eigenvalue weighted by Gasteiger charge is -2.49. The van der Waals surface area contributed by atoms with Gasteiger partial charge >= 0.3 is 5.97 Å². The summed E-state index contributed by atoms with van der Waals surface area (Å²) in [7, 11) is 2.13. The highest BCUT2D eigenvalue weighted by Crippen LogP contribution is 2.48. The first-order valence-corrected chi connectivity index (χ1v) is 6.35. The first kappa shape index (κ1) is 12.8. The van der Waals surface area contributed by atoms with Crippen molar-refractivity contribution in [2.45, 2.75) is 26.7 Å². The average Bonchev–Trinajstić information content (AvgIpc) is 2.58. The maximum Gasteiger partial charge on any atom is 0.309 e. The van der Waals surface area contributed by atoms with Crippen molar-refractivity contribution in [2.75, 3.05) is 33.4 Å². The third kappa shape index (κ3) is 2.33. The molecule has 0 spiro atoms. The molecule has 2 aliphatic rings. The number of likely N-dealkylation sites (tertiary alicyclic amines) is 1. The highest BCUT2D eigenvalue weighted by molar-refractivity contribution is 5.73. The van der Waals surface area contributed by atoms with E-state index < -0.39 is 11.4 Å². The van der Waals surface area contributed by atoms with Crippen LogP contribution in [0.1, 0.15) is 26.7 Å². The minimum atomic E-state index is -0.699. The smallest absolute Gasteiger partial charge is 0.309 e. The summed E-state index contributed by atoms with van der Waals surface area (Å²) in [5.74, 6) is -0.102. The van der Waals surface area contributed by atoms with Crippen LogP contribution in [-0.2, 0) is 9.53 Å². The number of aliphatic carboxylic acids is 1. The molecule has 0 aromatic rings. The highest BCUT2D eigenvalue weighted by atomic mass is 16.5. The molecule has 2 aliphatic heterocycles.